The Kier molecular flexibility index (Phi) is 3.32. The summed E-state index contributed by atoms with van der Waals surface area (Å²) in [4.78, 5) is 4.61. The van der Waals surface area contributed by atoms with Crippen LogP contribution in [0, 0.1) is 6.92 Å². The summed E-state index contributed by atoms with van der Waals surface area (Å²) in [5, 5.41) is 4.47. The summed E-state index contributed by atoms with van der Waals surface area (Å²) in [5.41, 5.74) is 10.5. The van der Waals surface area contributed by atoms with Crippen molar-refractivity contribution >= 4 is 43.9 Å². The number of halogens is 1. The molecule has 0 spiro atoms. The van der Waals surface area contributed by atoms with Crippen molar-refractivity contribution in [3.05, 3.63) is 58.7 Å². The number of nitrogens with one attached hydrogen (secondary N) is 1. The zero-order valence-corrected chi connectivity index (χ0v) is 12.6. The van der Waals surface area contributed by atoms with Crippen LogP contribution in [-0.4, -0.2) is 4.98 Å². The Hall–Kier alpha value is -2.07. The van der Waals surface area contributed by atoms with E-state index in [1.54, 1.807) is 0 Å². The third kappa shape index (κ3) is 2.47. The van der Waals surface area contributed by atoms with Gasteiger partial charge < -0.3 is 11.1 Å². The van der Waals surface area contributed by atoms with Gasteiger partial charge in [-0.15, -0.1) is 0 Å². The number of fused-ring (bicyclic) bond motifs is 1. The third-order valence-corrected chi connectivity index (χ3v) is 3.64. The highest BCUT2D eigenvalue weighted by Crippen LogP contribution is 2.29. The average Bonchev–Trinajstić information content (AvgIpc) is 2.42. The number of anilines is 3. The number of hydrogen-bond acceptors (Lipinski definition) is 3. The molecule has 3 N–H and O–H groups in total. The molecule has 0 fully saturated rings. The molecule has 4 heteroatoms. The van der Waals surface area contributed by atoms with Crippen LogP contribution in [0.5, 0.6) is 0 Å². The van der Waals surface area contributed by atoms with Crippen molar-refractivity contribution in [3.8, 4) is 0 Å². The first-order chi connectivity index (χ1) is 9.63. The maximum atomic E-state index is 6.03. The SMILES string of the molecule is Cc1ccc2cccc(Nc3ccc(Br)cc3N)c2n1. The van der Waals surface area contributed by atoms with Crippen LogP contribution < -0.4 is 11.1 Å². The molecule has 0 saturated carbocycles. The second-order valence-corrected chi connectivity index (χ2v) is 5.60. The fourth-order valence-corrected chi connectivity index (χ4v) is 2.52. The lowest BCUT2D eigenvalue weighted by Crippen LogP contribution is -1.98. The first-order valence-corrected chi connectivity index (χ1v) is 7.11. The van der Waals surface area contributed by atoms with E-state index in [2.05, 4.69) is 38.4 Å². The van der Waals surface area contributed by atoms with E-state index in [0.717, 1.165) is 32.4 Å². The zero-order valence-electron chi connectivity index (χ0n) is 11.0. The molecule has 3 nitrogen and oxygen atoms in total. The minimum Gasteiger partial charge on any atom is -0.397 e. The smallest absolute Gasteiger partial charge is 0.0939 e. The Bertz CT molecular complexity index is 784. The summed E-state index contributed by atoms with van der Waals surface area (Å²) < 4.78 is 0.965. The standard InChI is InChI=1S/C16H14BrN3/c1-10-5-6-11-3-2-4-15(16(11)19-10)20-14-8-7-12(17)9-13(14)18/h2-9,20H,18H2,1H3. The number of nitrogen functional groups attached to an aromatic ring is 1. The normalized spacial score (nSPS) is 10.7. The van der Waals surface area contributed by atoms with Crippen LogP contribution in [0.25, 0.3) is 10.9 Å². The molecule has 0 unspecified atom stereocenters. The number of para-hydroxylation sites is 1. The van der Waals surface area contributed by atoms with Crippen molar-refractivity contribution < 1.29 is 0 Å². The molecule has 0 radical (unpaired) electrons. The van der Waals surface area contributed by atoms with Gasteiger partial charge in [-0.05, 0) is 37.3 Å². The summed E-state index contributed by atoms with van der Waals surface area (Å²) in [6.45, 7) is 1.99. The van der Waals surface area contributed by atoms with Crippen LogP contribution in [0.3, 0.4) is 0 Å². The maximum Gasteiger partial charge on any atom is 0.0939 e. The first kappa shape index (κ1) is 12.9. The van der Waals surface area contributed by atoms with Gasteiger partial charge in [0.2, 0.25) is 0 Å². The van der Waals surface area contributed by atoms with Crippen molar-refractivity contribution in [2.24, 2.45) is 0 Å². The van der Waals surface area contributed by atoms with Gasteiger partial charge in [0, 0.05) is 15.6 Å². The quantitative estimate of drug-likeness (QED) is 0.674. The topological polar surface area (TPSA) is 50.9 Å². The third-order valence-electron chi connectivity index (χ3n) is 3.14. The summed E-state index contributed by atoms with van der Waals surface area (Å²) >= 11 is 3.41. The number of benzene rings is 2. The number of pyridine rings is 1. The minimum absolute atomic E-state index is 0.698. The molecule has 0 aliphatic heterocycles. The number of aromatic nitrogens is 1. The van der Waals surface area contributed by atoms with Crippen LogP contribution in [-0.2, 0) is 0 Å². The second-order valence-electron chi connectivity index (χ2n) is 4.69. The van der Waals surface area contributed by atoms with E-state index >= 15 is 0 Å². The van der Waals surface area contributed by atoms with Crippen molar-refractivity contribution in [1.29, 1.82) is 0 Å². The van der Waals surface area contributed by atoms with Gasteiger partial charge in [0.1, 0.15) is 0 Å². The molecule has 100 valence electrons. The molecule has 0 aliphatic carbocycles. The van der Waals surface area contributed by atoms with Gasteiger partial charge in [0.15, 0.2) is 0 Å². The molecule has 0 bridgehead atoms. The van der Waals surface area contributed by atoms with Crippen molar-refractivity contribution in [1.82, 2.24) is 4.98 Å². The second kappa shape index (κ2) is 5.13. The molecule has 2 aromatic carbocycles. The zero-order chi connectivity index (χ0) is 14.1. The molecule has 1 heterocycles. The summed E-state index contributed by atoms with van der Waals surface area (Å²) in [6, 6.07) is 16.0. The molecule has 0 amide bonds. The number of nitrogens with zero attached hydrogens (tertiary/aromatic N) is 1. The lowest BCUT2D eigenvalue weighted by atomic mass is 10.1. The Labute approximate surface area is 126 Å². The lowest BCUT2D eigenvalue weighted by molar-refractivity contribution is 1.25. The Morgan fingerprint density at radius 1 is 1.05 bits per heavy atom. The Balaban J connectivity index is 2.08. The molecule has 3 rings (SSSR count). The molecule has 1 aromatic heterocycles. The molecular formula is C16H14BrN3. The molecule has 0 saturated heterocycles. The van der Waals surface area contributed by atoms with Crippen LogP contribution in [0.2, 0.25) is 0 Å². The number of aryl methyl sites for hydroxylation is 1. The van der Waals surface area contributed by atoms with Gasteiger partial charge in [0.25, 0.3) is 0 Å². The number of rotatable bonds is 2. The predicted octanol–water partition coefficient (Wildman–Crippen LogP) is 4.63. The molecule has 0 aliphatic rings. The van der Waals surface area contributed by atoms with E-state index in [4.69, 9.17) is 5.73 Å². The van der Waals surface area contributed by atoms with Crippen molar-refractivity contribution in [2.45, 2.75) is 6.92 Å². The summed E-state index contributed by atoms with van der Waals surface area (Å²) in [6.07, 6.45) is 0. The van der Waals surface area contributed by atoms with E-state index < -0.39 is 0 Å². The van der Waals surface area contributed by atoms with E-state index in [1.807, 2.05) is 43.3 Å². The predicted molar refractivity (Wildman–Crippen MR) is 88.3 cm³/mol. The molecular weight excluding hydrogens is 314 g/mol. The molecule has 0 atom stereocenters. The summed E-state index contributed by atoms with van der Waals surface area (Å²) in [5.74, 6) is 0. The van der Waals surface area contributed by atoms with Crippen LogP contribution in [0.4, 0.5) is 17.1 Å². The average molecular weight is 328 g/mol. The van der Waals surface area contributed by atoms with Gasteiger partial charge in [0.05, 0.1) is 22.6 Å². The minimum atomic E-state index is 0.698. The maximum absolute atomic E-state index is 6.03. The van der Waals surface area contributed by atoms with Crippen molar-refractivity contribution in [3.63, 3.8) is 0 Å². The van der Waals surface area contributed by atoms with Crippen molar-refractivity contribution in [2.75, 3.05) is 11.1 Å². The highest BCUT2D eigenvalue weighted by molar-refractivity contribution is 9.10. The van der Waals surface area contributed by atoms with Gasteiger partial charge in [-0.3, -0.25) is 4.98 Å². The highest BCUT2D eigenvalue weighted by Gasteiger charge is 2.05. The monoisotopic (exact) mass is 327 g/mol. The van der Waals surface area contributed by atoms with Gasteiger partial charge in [-0.2, -0.15) is 0 Å². The van der Waals surface area contributed by atoms with Gasteiger partial charge in [-0.25, -0.2) is 0 Å². The molecule has 20 heavy (non-hydrogen) atoms. The van der Waals surface area contributed by atoms with Crippen LogP contribution in [0.15, 0.2) is 53.0 Å². The number of hydrogen-bond donors (Lipinski definition) is 2. The van der Waals surface area contributed by atoms with E-state index in [9.17, 15) is 0 Å². The number of nitrogens with two attached hydrogens (primary N) is 1. The molecule has 3 aromatic rings. The van der Waals surface area contributed by atoms with E-state index in [-0.39, 0.29) is 0 Å². The largest absolute Gasteiger partial charge is 0.397 e. The fourth-order valence-electron chi connectivity index (χ4n) is 2.14. The van der Waals surface area contributed by atoms with Crippen LogP contribution >= 0.6 is 15.9 Å². The van der Waals surface area contributed by atoms with E-state index in [1.165, 1.54) is 0 Å². The van der Waals surface area contributed by atoms with Crippen LogP contribution in [0.1, 0.15) is 5.69 Å². The Morgan fingerprint density at radius 2 is 1.90 bits per heavy atom. The summed E-state index contributed by atoms with van der Waals surface area (Å²) in [7, 11) is 0. The Morgan fingerprint density at radius 3 is 2.70 bits per heavy atom. The first-order valence-electron chi connectivity index (χ1n) is 6.32. The lowest BCUT2D eigenvalue weighted by Gasteiger charge is -2.12. The van der Waals surface area contributed by atoms with E-state index in [0.29, 0.717) is 5.69 Å². The fraction of sp³-hybridized carbons (Fsp3) is 0.0625. The van der Waals surface area contributed by atoms with Gasteiger partial charge in [-0.1, -0.05) is 34.1 Å². The highest BCUT2D eigenvalue weighted by atomic mass is 79.9. The van der Waals surface area contributed by atoms with Gasteiger partial charge >= 0.3 is 0 Å².